The molecule has 0 saturated heterocycles. The number of ether oxygens (including phenoxy) is 1. The van der Waals surface area contributed by atoms with Gasteiger partial charge in [-0.2, -0.15) is 0 Å². The van der Waals surface area contributed by atoms with E-state index in [9.17, 15) is 18.3 Å². The molecule has 0 aliphatic carbocycles. The third kappa shape index (κ3) is 2.44. The van der Waals surface area contributed by atoms with Crippen molar-refractivity contribution in [1.29, 1.82) is 0 Å². The van der Waals surface area contributed by atoms with E-state index in [0.29, 0.717) is 16.7 Å². The maximum atomic E-state index is 12.9. The van der Waals surface area contributed by atoms with Crippen LogP contribution in [0.2, 0.25) is 0 Å². The molecule has 3 rings (SSSR count). The van der Waals surface area contributed by atoms with Crippen LogP contribution in [0.1, 0.15) is 10.4 Å². The van der Waals surface area contributed by atoms with Crippen LogP contribution in [-0.4, -0.2) is 30.6 Å². The number of benzene rings is 2. The number of nitrogens with zero attached hydrogens (tertiary/aromatic N) is 1. The lowest BCUT2D eigenvalue weighted by Crippen LogP contribution is -2.12. The van der Waals surface area contributed by atoms with Gasteiger partial charge in [-0.3, -0.25) is 0 Å². The minimum absolute atomic E-state index is 0.0227. The number of aromatic nitrogens is 1. The summed E-state index contributed by atoms with van der Waals surface area (Å²) in [6.45, 7) is 0. The zero-order valence-electron chi connectivity index (χ0n) is 12.1. The molecule has 0 radical (unpaired) electrons. The SMILES string of the molecule is COc1cccc(S(=O)(=O)n2cc(C(=O)O)c3ccccc32)c1. The van der Waals surface area contributed by atoms with Gasteiger partial charge in [0.05, 0.1) is 23.1 Å². The van der Waals surface area contributed by atoms with Crippen LogP contribution in [0.3, 0.4) is 0 Å². The van der Waals surface area contributed by atoms with Crippen LogP contribution in [0.25, 0.3) is 10.9 Å². The number of aromatic carboxylic acids is 1. The Hall–Kier alpha value is -2.80. The molecule has 0 aliphatic rings. The van der Waals surface area contributed by atoms with Crippen molar-refractivity contribution in [3.05, 3.63) is 60.3 Å². The fourth-order valence-electron chi connectivity index (χ4n) is 2.39. The predicted molar refractivity (Wildman–Crippen MR) is 84.5 cm³/mol. The minimum atomic E-state index is -3.94. The Morgan fingerprint density at radius 2 is 1.87 bits per heavy atom. The Bertz CT molecular complexity index is 1000. The minimum Gasteiger partial charge on any atom is -0.497 e. The molecule has 0 bridgehead atoms. The first-order chi connectivity index (χ1) is 10.9. The van der Waals surface area contributed by atoms with Crippen LogP contribution in [-0.2, 0) is 10.0 Å². The Morgan fingerprint density at radius 1 is 1.13 bits per heavy atom. The van der Waals surface area contributed by atoms with E-state index < -0.39 is 16.0 Å². The van der Waals surface area contributed by atoms with Crippen molar-refractivity contribution in [2.75, 3.05) is 7.11 Å². The molecular formula is C16H13NO5S. The molecule has 3 aromatic rings. The average Bonchev–Trinajstić information content (AvgIpc) is 2.95. The number of hydrogen-bond donors (Lipinski definition) is 1. The molecule has 0 fully saturated rings. The molecule has 1 heterocycles. The van der Waals surface area contributed by atoms with Gasteiger partial charge in [-0.15, -0.1) is 0 Å². The van der Waals surface area contributed by atoms with Crippen molar-refractivity contribution in [1.82, 2.24) is 3.97 Å². The lowest BCUT2D eigenvalue weighted by molar-refractivity contribution is 0.0699. The highest BCUT2D eigenvalue weighted by atomic mass is 32.2. The number of para-hydroxylation sites is 1. The first kappa shape index (κ1) is 15.1. The van der Waals surface area contributed by atoms with Gasteiger partial charge in [0.15, 0.2) is 0 Å². The van der Waals surface area contributed by atoms with Gasteiger partial charge in [-0.05, 0) is 18.2 Å². The molecular weight excluding hydrogens is 318 g/mol. The van der Waals surface area contributed by atoms with E-state index >= 15 is 0 Å². The second-order valence-corrected chi connectivity index (χ2v) is 6.66. The van der Waals surface area contributed by atoms with Crippen LogP contribution < -0.4 is 4.74 Å². The van der Waals surface area contributed by atoms with Crippen LogP contribution in [0.4, 0.5) is 0 Å². The molecule has 7 heteroatoms. The van der Waals surface area contributed by atoms with Gasteiger partial charge in [-0.25, -0.2) is 17.2 Å². The Morgan fingerprint density at radius 3 is 2.57 bits per heavy atom. The normalized spacial score (nSPS) is 11.5. The van der Waals surface area contributed by atoms with Crippen LogP contribution in [0, 0.1) is 0 Å². The van der Waals surface area contributed by atoms with E-state index in [4.69, 9.17) is 4.74 Å². The molecule has 0 aliphatic heterocycles. The lowest BCUT2D eigenvalue weighted by atomic mass is 10.2. The molecule has 0 amide bonds. The molecule has 0 saturated carbocycles. The molecule has 1 aromatic heterocycles. The van der Waals surface area contributed by atoms with Gasteiger partial charge in [0.1, 0.15) is 5.75 Å². The average molecular weight is 331 g/mol. The second-order valence-electron chi connectivity index (χ2n) is 4.84. The predicted octanol–water partition coefficient (Wildman–Crippen LogP) is 2.59. The summed E-state index contributed by atoms with van der Waals surface area (Å²) in [6.07, 6.45) is 1.13. The summed E-state index contributed by atoms with van der Waals surface area (Å²) in [5.41, 5.74) is 0.250. The van der Waals surface area contributed by atoms with E-state index in [-0.39, 0.29) is 10.5 Å². The quantitative estimate of drug-likeness (QED) is 0.794. The largest absolute Gasteiger partial charge is 0.497 e. The summed E-state index contributed by atoms with van der Waals surface area (Å²) < 4.78 is 31.8. The van der Waals surface area contributed by atoms with Crippen LogP contribution in [0.5, 0.6) is 5.75 Å². The number of carboxylic acid groups (broad SMARTS) is 1. The van der Waals surface area contributed by atoms with Crippen molar-refractivity contribution < 1.29 is 23.1 Å². The standard InChI is InChI=1S/C16H13NO5S/c1-22-11-5-4-6-12(9-11)23(20,21)17-10-14(16(18)19)13-7-2-3-8-15(13)17/h2-10H,1H3,(H,18,19). The number of rotatable bonds is 4. The third-order valence-corrected chi connectivity index (χ3v) is 5.18. The number of fused-ring (bicyclic) bond motifs is 1. The van der Waals surface area contributed by atoms with E-state index in [1.165, 1.54) is 19.2 Å². The van der Waals surface area contributed by atoms with Gasteiger partial charge < -0.3 is 9.84 Å². The number of methoxy groups -OCH3 is 1. The topological polar surface area (TPSA) is 85.6 Å². The summed E-state index contributed by atoms with van der Waals surface area (Å²) in [4.78, 5) is 11.4. The van der Waals surface area contributed by atoms with Crippen molar-refractivity contribution in [3.63, 3.8) is 0 Å². The van der Waals surface area contributed by atoms with Gasteiger partial charge >= 0.3 is 5.97 Å². The van der Waals surface area contributed by atoms with Crippen molar-refractivity contribution in [3.8, 4) is 5.75 Å². The summed E-state index contributed by atoms with van der Waals surface area (Å²) in [6, 6.07) is 12.5. The molecule has 118 valence electrons. The number of hydrogen-bond acceptors (Lipinski definition) is 4. The van der Waals surface area contributed by atoms with Crippen molar-refractivity contribution >= 4 is 26.9 Å². The highest BCUT2D eigenvalue weighted by molar-refractivity contribution is 7.90. The zero-order valence-corrected chi connectivity index (χ0v) is 12.9. The van der Waals surface area contributed by atoms with E-state index in [2.05, 4.69) is 0 Å². The fraction of sp³-hybridized carbons (Fsp3) is 0.0625. The summed E-state index contributed by atoms with van der Waals surface area (Å²) in [5, 5.41) is 9.65. The van der Waals surface area contributed by atoms with Crippen LogP contribution >= 0.6 is 0 Å². The maximum absolute atomic E-state index is 12.9. The molecule has 0 spiro atoms. The van der Waals surface area contributed by atoms with Crippen LogP contribution in [0.15, 0.2) is 59.6 Å². The molecule has 0 atom stereocenters. The molecule has 23 heavy (non-hydrogen) atoms. The Labute approximate surface area is 132 Å². The number of carboxylic acids is 1. The molecule has 2 aromatic carbocycles. The highest BCUT2D eigenvalue weighted by Gasteiger charge is 2.23. The lowest BCUT2D eigenvalue weighted by Gasteiger charge is -2.08. The first-order valence-corrected chi connectivity index (χ1v) is 8.12. The number of carbonyl (C=O) groups is 1. The first-order valence-electron chi connectivity index (χ1n) is 6.68. The molecule has 0 unspecified atom stereocenters. The van der Waals surface area contributed by atoms with Gasteiger partial charge in [0, 0.05) is 17.6 Å². The monoisotopic (exact) mass is 331 g/mol. The highest BCUT2D eigenvalue weighted by Crippen LogP contribution is 2.27. The van der Waals surface area contributed by atoms with Crippen molar-refractivity contribution in [2.45, 2.75) is 4.90 Å². The maximum Gasteiger partial charge on any atom is 0.337 e. The van der Waals surface area contributed by atoms with Gasteiger partial charge in [0.2, 0.25) is 0 Å². The zero-order chi connectivity index (χ0) is 16.6. The summed E-state index contributed by atoms with van der Waals surface area (Å²) in [7, 11) is -2.49. The summed E-state index contributed by atoms with van der Waals surface area (Å²) >= 11 is 0. The molecule has 6 nitrogen and oxygen atoms in total. The summed E-state index contributed by atoms with van der Waals surface area (Å²) in [5.74, 6) is -0.776. The fourth-order valence-corrected chi connectivity index (χ4v) is 3.80. The van der Waals surface area contributed by atoms with Gasteiger partial charge in [-0.1, -0.05) is 24.3 Å². The third-order valence-electron chi connectivity index (χ3n) is 3.51. The smallest absolute Gasteiger partial charge is 0.337 e. The Balaban J connectivity index is 2.28. The molecule has 1 N–H and O–H groups in total. The Kier molecular flexibility index (Phi) is 3.57. The van der Waals surface area contributed by atoms with E-state index in [1.54, 1.807) is 36.4 Å². The second kappa shape index (κ2) is 5.44. The van der Waals surface area contributed by atoms with Crippen molar-refractivity contribution in [2.24, 2.45) is 0 Å². The van der Waals surface area contributed by atoms with E-state index in [1.807, 2.05) is 0 Å². The van der Waals surface area contributed by atoms with Gasteiger partial charge in [0.25, 0.3) is 10.0 Å². The van der Waals surface area contributed by atoms with E-state index in [0.717, 1.165) is 10.2 Å².